The van der Waals surface area contributed by atoms with Crippen molar-refractivity contribution < 1.29 is 9.53 Å². The second-order valence-electron chi connectivity index (χ2n) is 6.13. The molecule has 0 radical (unpaired) electrons. The molecule has 0 unspecified atom stereocenters. The third kappa shape index (κ3) is 3.94. The average molecular weight is 384 g/mol. The number of rotatable bonds is 4. The average Bonchev–Trinajstić information content (AvgIpc) is 3.24. The van der Waals surface area contributed by atoms with Crippen LogP contribution in [-0.2, 0) is 4.74 Å². The van der Waals surface area contributed by atoms with Gasteiger partial charge >= 0.3 is 0 Å². The zero-order valence-corrected chi connectivity index (χ0v) is 15.3. The number of benzene rings is 2. The number of nitrogens with one attached hydrogen (secondary N) is 1. The van der Waals surface area contributed by atoms with Gasteiger partial charge in [0.15, 0.2) is 0 Å². The van der Waals surface area contributed by atoms with Crippen molar-refractivity contribution >= 4 is 28.9 Å². The maximum Gasteiger partial charge on any atom is 0.257 e. The molecule has 1 aliphatic heterocycles. The van der Waals surface area contributed by atoms with Crippen molar-refractivity contribution in [2.75, 3.05) is 36.5 Å². The molecule has 1 N–H and O–H groups in total. The maximum atomic E-state index is 12.6. The lowest BCUT2D eigenvalue weighted by molar-refractivity contribution is 0.102. The fraction of sp³-hybridized carbons (Fsp3) is 0.211. The fourth-order valence-electron chi connectivity index (χ4n) is 2.96. The highest BCUT2D eigenvalue weighted by Crippen LogP contribution is 2.23. The third-order valence-electron chi connectivity index (χ3n) is 4.42. The van der Waals surface area contributed by atoms with Crippen LogP contribution in [0.15, 0.2) is 55.1 Å². The van der Waals surface area contributed by atoms with Crippen molar-refractivity contribution in [1.82, 2.24) is 14.8 Å². The van der Waals surface area contributed by atoms with Crippen LogP contribution in [0.5, 0.6) is 0 Å². The number of hydrogen-bond donors (Lipinski definition) is 1. The van der Waals surface area contributed by atoms with Crippen molar-refractivity contribution in [2.45, 2.75) is 0 Å². The molecule has 0 atom stereocenters. The quantitative estimate of drug-likeness (QED) is 0.749. The van der Waals surface area contributed by atoms with Gasteiger partial charge in [-0.25, -0.2) is 0 Å². The predicted octanol–water partition coefficient (Wildman–Crippen LogP) is 3.01. The van der Waals surface area contributed by atoms with Crippen molar-refractivity contribution in [3.8, 4) is 5.69 Å². The van der Waals surface area contributed by atoms with Gasteiger partial charge in [-0.05, 0) is 42.5 Å². The van der Waals surface area contributed by atoms with Crippen molar-refractivity contribution in [2.24, 2.45) is 0 Å². The van der Waals surface area contributed by atoms with E-state index < -0.39 is 0 Å². The number of morpholine rings is 1. The molecule has 1 aliphatic rings. The summed E-state index contributed by atoms with van der Waals surface area (Å²) >= 11 is 6.30. The van der Waals surface area contributed by atoms with Gasteiger partial charge in [-0.3, -0.25) is 9.36 Å². The van der Waals surface area contributed by atoms with Crippen LogP contribution < -0.4 is 10.2 Å². The number of carbonyl (C=O) groups is 1. The molecule has 0 spiro atoms. The van der Waals surface area contributed by atoms with Crippen LogP contribution >= 0.6 is 11.6 Å². The largest absolute Gasteiger partial charge is 0.378 e. The SMILES string of the molecule is O=C(Nc1ccc(N2CCOCC2)cc1)c1ccc(-n2cnnc2)cc1Cl. The first-order valence-corrected chi connectivity index (χ1v) is 8.97. The number of nitrogens with zero attached hydrogens (tertiary/aromatic N) is 4. The van der Waals surface area contributed by atoms with Gasteiger partial charge in [-0.2, -0.15) is 0 Å². The summed E-state index contributed by atoms with van der Waals surface area (Å²) in [5.74, 6) is -0.255. The molecule has 2 heterocycles. The predicted molar refractivity (Wildman–Crippen MR) is 104 cm³/mol. The first-order valence-electron chi connectivity index (χ1n) is 8.59. The van der Waals surface area contributed by atoms with Crippen LogP contribution in [0.25, 0.3) is 5.69 Å². The molecule has 138 valence electrons. The summed E-state index contributed by atoms with van der Waals surface area (Å²) < 4.78 is 7.09. The van der Waals surface area contributed by atoms with E-state index in [2.05, 4.69) is 20.4 Å². The maximum absolute atomic E-state index is 12.6. The van der Waals surface area contributed by atoms with E-state index in [1.54, 1.807) is 35.4 Å². The highest BCUT2D eigenvalue weighted by Gasteiger charge is 2.14. The summed E-state index contributed by atoms with van der Waals surface area (Å²) in [7, 11) is 0. The van der Waals surface area contributed by atoms with E-state index in [0.717, 1.165) is 43.4 Å². The Morgan fingerprint density at radius 1 is 1.00 bits per heavy atom. The second kappa shape index (κ2) is 7.77. The van der Waals surface area contributed by atoms with Gasteiger partial charge in [0, 0.05) is 30.2 Å². The van der Waals surface area contributed by atoms with E-state index in [0.29, 0.717) is 10.6 Å². The van der Waals surface area contributed by atoms with Gasteiger partial charge in [-0.1, -0.05) is 11.6 Å². The van der Waals surface area contributed by atoms with Gasteiger partial charge in [0.2, 0.25) is 0 Å². The Bertz CT molecular complexity index is 922. The number of halogens is 1. The molecule has 1 fully saturated rings. The molecular formula is C19H18ClN5O2. The highest BCUT2D eigenvalue weighted by molar-refractivity contribution is 6.34. The Labute approximate surface area is 161 Å². The summed E-state index contributed by atoms with van der Waals surface area (Å²) in [6.07, 6.45) is 3.14. The second-order valence-corrected chi connectivity index (χ2v) is 6.54. The minimum absolute atomic E-state index is 0.255. The number of ether oxygens (including phenoxy) is 1. The number of carbonyl (C=O) groups excluding carboxylic acids is 1. The topological polar surface area (TPSA) is 72.3 Å². The number of amides is 1. The first kappa shape index (κ1) is 17.5. The summed E-state index contributed by atoms with van der Waals surface area (Å²) in [5.41, 5.74) is 3.03. The smallest absolute Gasteiger partial charge is 0.257 e. The van der Waals surface area contributed by atoms with Crippen molar-refractivity contribution in [3.63, 3.8) is 0 Å². The molecule has 4 rings (SSSR count). The molecular weight excluding hydrogens is 366 g/mol. The van der Waals surface area contributed by atoms with Crippen LogP contribution in [0.3, 0.4) is 0 Å². The number of anilines is 2. The Kier molecular flexibility index (Phi) is 5.04. The fourth-order valence-corrected chi connectivity index (χ4v) is 3.22. The van der Waals surface area contributed by atoms with Gasteiger partial charge < -0.3 is 15.0 Å². The lowest BCUT2D eigenvalue weighted by Gasteiger charge is -2.28. The molecule has 1 aromatic heterocycles. The van der Waals surface area contributed by atoms with Gasteiger partial charge in [0.25, 0.3) is 5.91 Å². The minimum Gasteiger partial charge on any atom is -0.378 e. The van der Waals surface area contributed by atoms with E-state index in [9.17, 15) is 4.79 Å². The van der Waals surface area contributed by atoms with Gasteiger partial charge in [-0.15, -0.1) is 10.2 Å². The molecule has 0 aliphatic carbocycles. The summed E-state index contributed by atoms with van der Waals surface area (Å²) in [4.78, 5) is 14.8. The van der Waals surface area contributed by atoms with Crippen LogP contribution in [0.1, 0.15) is 10.4 Å². The van der Waals surface area contributed by atoms with E-state index in [4.69, 9.17) is 16.3 Å². The normalized spacial score (nSPS) is 14.2. The van der Waals surface area contributed by atoms with Crippen molar-refractivity contribution in [1.29, 1.82) is 0 Å². The molecule has 1 amide bonds. The monoisotopic (exact) mass is 383 g/mol. The molecule has 27 heavy (non-hydrogen) atoms. The molecule has 7 nitrogen and oxygen atoms in total. The zero-order valence-electron chi connectivity index (χ0n) is 14.5. The first-order chi connectivity index (χ1) is 13.2. The van der Waals surface area contributed by atoms with Crippen LogP contribution in [-0.4, -0.2) is 47.0 Å². The van der Waals surface area contributed by atoms with Crippen LogP contribution in [0, 0.1) is 0 Å². The minimum atomic E-state index is -0.255. The molecule has 8 heteroatoms. The number of hydrogen-bond acceptors (Lipinski definition) is 5. The third-order valence-corrected chi connectivity index (χ3v) is 4.73. The van der Waals surface area contributed by atoms with E-state index >= 15 is 0 Å². The van der Waals surface area contributed by atoms with E-state index in [-0.39, 0.29) is 5.91 Å². The molecule has 2 aromatic carbocycles. The Morgan fingerprint density at radius 3 is 2.33 bits per heavy atom. The van der Waals surface area contributed by atoms with Crippen LogP contribution in [0.4, 0.5) is 11.4 Å². The number of aromatic nitrogens is 3. The zero-order chi connectivity index (χ0) is 18.6. The lowest BCUT2D eigenvalue weighted by Crippen LogP contribution is -2.36. The van der Waals surface area contributed by atoms with Gasteiger partial charge in [0.05, 0.1) is 23.8 Å². The van der Waals surface area contributed by atoms with Crippen molar-refractivity contribution in [3.05, 3.63) is 65.7 Å². The molecule has 0 bridgehead atoms. The molecule has 1 saturated heterocycles. The van der Waals surface area contributed by atoms with E-state index in [1.165, 1.54) is 0 Å². The highest BCUT2D eigenvalue weighted by atomic mass is 35.5. The lowest BCUT2D eigenvalue weighted by atomic mass is 10.1. The Hall–Kier alpha value is -2.90. The Morgan fingerprint density at radius 2 is 1.67 bits per heavy atom. The molecule has 3 aromatic rings. The standard InChI is InChI=1S/C19H18ClN5O2/c20-18-11-16(25-12-21-22-13-25)5-6-17(18)19(26)23-14-1-3-15(4-2-14)24-7-9-27-10-8-24/h1-6,11-13H,7-10H2,(H,23,26). The summed E-state index contributed by atoms with van der Waals surface area (Å²) in [6, 6.07) is 13.0. The summed E-state index contributed by atoms with van der Waals surface area (Å²) in [6.45, 7) is 3.23. The van der Waals surface area contributed by atoms with Crippen LogP contribution in [0.2, 0.25) is 5.02 Å². The van der Waals surface area contributed by atoms with Gasteiger partial charge in [0.1, 0.15) is 12.7 Å². The molecule has 0 saturated carbocycles. The Balaban J connectivity index is 1.45. The summed E-state index contributed by atoms with van der Waals surface area (Å²) in [5, 5.41) is 10.8. The van der Waals surface area contributed by atoms with E-state index in [1.807, 2.05) is 24.3 Å².